The number of ketones is 1. The van der Waals surface area contributed by atoms with Crippen LogP contribution in [-0.2, 0) is 4.79 Å². The molecule has 1 saturated heterocycles. The largest absolute Gasteiger partial charge is 0.338 e. The van der Waals surface area contributed by atoms with Crippen molar-refractivity contribution >= 4 is 17.4 Å². The van der Waals surface area contributed by atoms with Gasteiger partial charge < -0.3 is 4.90 Å². The molecule has 0 unspecified atom stereocenters. The highest BCUT2D eigenvalue weighted by Crippen LogP contribution is 2.19. The number of rotatable bonds is 2. The third kappa shape index (κ3) is 2.75. The van der Waals surface area contributed by atoms with Crippen LogP contribution in [-0.4, -0.2) is 34.6 Å². The van der Waals surface area contributed by atoms with Crippen LogP contribution in [0.4, 0.5) is 10.1 Å². The predicted molar refractivity (Wildman–Crippen MR) is 63.2 cm³/mol. The summed E-state index contributed by atoms with van der Waals surface area (Å²) >= 11 is 0. The van der Waals surface area contributed by atoms with Crippen molar-refractivity contribution in [2.24, 2.45) is 0 Å². The smallest absolute Gasteiger partial charge is 0.272 e. The highest BCUT2D eigenvalue weighted by Gasteiger charge is 2.24. The monoisotopic (exact) mass is 266 g/mol. The molecule has 7 heteroatoms. The standard InChI is InChI=1S/C12H11FN2O4/c13-11-7-8(15(18)19)1-2-10(11)12(17)14-5-3-9(16)4-6-14/h1-2,7H,3-6H2. The van der Waals surface area contributed by atoms with Crippen LogP contribution in [0.1, 0.15) is 23.2 Å². The number of carbonyl (C=O) groups excluding carboxylic acids is 2. The van der Waals surface area contributed by atoms with Gasteiger partial charge in [-0.3, -0.25) is 19.7 Å². The number of hydrogen-bond donors (Lipinski definition) is 0. The molecule has 2 rings (SSSR count). The van der Waals surface area contributed by atoms with Crippen LogP contribution in [0.5, 0.6) is 0 Å². The number of halogens is 1. The van der Waals surface area contributed by atoms with Gasteiger partial charge in [0.15, 0.2) is 0 Å². The number of hydrogen-bond acceptors (Lipinski definition) is 4. The summed E-state index contributed by atoms with van der Waals surface area (Å²) in [5.74, 6) is -1.38. The van der Waals surface area contributed by atoms with E-state index in [-0.39, 0.29) is 37.3 Å². The van der Waals surface area contributed by atoms with Crippen LogP contribution in [0.2, 0.25) is 0 Å². The maximum Gasteiger partial charge on any atom is 0.272 e. The van der Waals surface area contributed by atoms with Gasteiger partial charge in [0.2, 0.25) is 0 Å². The lowest BCUT2D eigenvalue weighted by Gasteiger charge is -2.26. The van der Waals surface area contributed by atoms with E-state index >= 15 is 0 Å². The van der Waals surface area contributed by atoms with Gasteiger partial charge in [0.1, 0.15) is 11.6 Å². The maximum atomic E-state index is 13.7. The maximum absolute atomic E-state index is 13.7. The Hall–Kier alpha value is -2.31. The minimum Gasteiger partial charge on any atom is -0.338 e. The lowest BCUT2D eigenvalue weighted by Crippen LogP contribution is -2.38. The zero-order valence-electron chi connectivity index (χ0n) is 9.97. The fourth-order valence-electron chi connectivity index (χ4n) is 1.92. The van der Waals surface area contributed by atoms with Crippen molar-refractivity contribution in [1.82, 2.24) is 4.90 Å². The highest BCUT2D eigenvalue weighted by atomic mass is 19.1. The highest BCUT2D eigenvalue weighted by molar-refractivity contribution is 5.95. The number of non-ortho nitro benzene ring substituents is 1. The van der Waals surface area contributed by atoms with Crippen LogP contribution >= 0.6 is 0 Å². The average Bonchev–Trinajstić information content (AvgIpc) is 2.38. The summed E-state index contributed by atoms with van der Waals surface area (Å²) in [5, 5.41) is 10.5. The van der Waals surface area contributed by atoms with Crippen LogP contribution in [0.25, 0.3) is 0 Å². The molecule has 0 radical (unpaired) electrons. The van der Waals surface area contributed by atoms with E-state index in [2.05, 4.69) is 0 Å². The van der Waals surface area contributed by atoms with Crippen LogP contribution in [0, 0.1) is 15.9 Å². The van der Waals surface area contributed by atoms with E-state index in [0.717, 1.165) is 18.2 Å². The van der Waals surface area contributed by atoms with Gasteiger partial charge in [-0.15, -0.1) is 0 Å². The van der Waals surface area contributed by atoms with E-state index in [4.69, 9.17) is 0 Å². The number of piperidine rings is 1. The Morgan fingerprint density at radius 2 is 1.95 bits per heavy atom. The lowest BCUT2D eigenvalue weighted by atomic mass is 10.1. The Morgan fingerprint density at radius 1 is 1.32 bits per heavy atom. The molecule has 1 aliphatic heterocycles. The van der Waals surface area contributed by atoms with Crippen molar-refractivity contribution < 1.29 is 18.9 Å². The molecule has 0 N–H and O–H groups in total. The normalized spacial score (nSPS) is 15.4. The minimum absolute atomic E-state index is 0.0771. The Labute approximate surface area is 108 Å². The molecule has 6 nitrogen and oxygen atoms in total. The number of benzene rings is 1. The fraction of sp³-hybridized carbons (Fsp3) is 0.333. The van der Waals surface area contributed by atoms with E-state index < -0.39 is 22.3 Å². The summed E-state index contributed by atoms with van der Waals surface area (Å²) in [6, 6.07) is 2.92. The summed E-state index contributed by atoms with van der Waals surface area (Å²) in [5.41, 5.74) is -0.608. The molecule has 1 aliphatic rings. The molecule has 1 heterocycles. The van der Waals surface area contributed by atoms with Gasteiger partial charge >= 0.3 is 0 Å². The number of Topliss-reactive ketones (excluding diaryl/α,β-unsaturated/α-hetero) is 1. The van der Waals surface area contributed by atoms with Crippen molar-refractivity contribution in [2.75, 3.05) is 13.1 Å². The zero-order chi connectivity index (χ0) is 14.0. The first-order valence-electron chi connectivity index (χ1n) is 5.74. The Morgan fingerprint density at radius 3 is 2.47 bits per heavy atom. The van der Waals surface area contributed by atoms with Gasteiger partial charge in [-0.05, 0) is 6.07 Å². The first-order chi connectivity index (χ1) is 8.99. The molecule has 1 aromatic rings. The van der Waals surface area contributed by atoms with Crippen LogP contribution in [0.3, 0.4) is 0 Å². The molecular weight excluding hydrogens is 255 g/mol. The average molecular weight is 266 g/mol. The molecule has 0 bridgehead atoms. The molecule has 0 saturated carbocycles. The fourth-order valence-corrected chi connectivity index (χ4v) is 1.92. The van der Waals surface area contributed by atoms with Gasteiger partial charge in [-0.2, -0.15) is 0 Å². The van der Waals surface area contributed by atoms with Crippen molar-refractivity contribution in [1.29, 1.82) is 0 Å². The van der Waals surface area contributed by atoms with Gasteiger partial charge in [0.05, 0.1) is 16.6 Å². The summed E-state index contributed by atoms with van der Waals surface area (Å²) in [7, 11) is 0. The second-order valence-electron chi connectivity index (χ2n) is 4.25. The van der Waals surface area contributed by atoms with Crippen molar-refractivity contribution in [3.05, 3.63) is 39.7 Å². The number of nitro benzene ring substituents is 1. The van der Waals surface area contributed by atoms with E-state index in [1.165, 1.54) is 4.90 Å². The second-order valence-corrected chi connectivity index (χ2v) is 4.25. The summed E-state index contributed by atoms with van der Waals surface area (Å²) in [6.45, 7) is 0.516. The Bertz CT molecular complexity index is 549. The van der Waals surface area contributed by atoms with Gasteiger partial charge in [0, 0.05) is 32.0 Å². The predicted octanol–water partition coefficient (Wildman–Crippen LogP) is 1.54. The van der Waals surface area contributed by atoms with E-state index in [9.17, 15) is 24.1 Å². The van der Waals surface area contributed by atoms with E-state index in [0.29, 0.717) is 0 Å². The summed E-state index contributed by atoms with van der Waals surface area (Å²) < 4.78 is 13.7. The van der Waals surface area contributed by atoms with Crippen LogP contribution in [0.15, 0.2) is 18.2 Å². The number of nitro groups is 1. The lowest BCUT2D eigenvalue weighted by molar-refractivity contribution is -0.385. The van der Waals surface area contributed by atoms with Crippen molar-refractivity contribution in [3.63, 3.8) is 0 Å². The summed E-state index contributed by atoms with van der Waals surface area (Å²) in [4.78, 5) is 34.2. The minimum atomic E-state index is -0.920. The second kappa shape index (κ2) is 5.13. The third-order valence-electron chi connectivity index (χ3n) is 3.00. The van der Waals surface area contributed by atoms with E-state index in [1.54, 1.807) is 0 Å². The van der Waals surface area contributed by atoms with Gasteiger partial charge in [-0.1, -0.05) is 0 Å². The molecule has 0 aliphatic carbocycles. The van der Waals surface area contributed by atoms with Crippen molar-refractivity contribution in [3.8, 4) is 0 Å². The quantitative estimate of drug-likeness (QED) is 0.600. The summed E-state index contributed by atoms with van der Waals surface area (Å²) in [6.07, 6.45) is 0.528. The molecule has 1 aromatic carbocycles. The number of nitrogens with zero attached hydrogens (tertiary/aromatic N) is 2. The molecule has 0 spiro atoms. The Kier molecular flexibility index (Phi) is 3.55. The third-order valence-corrected chi connectivity index (χ3v) is 3.00. The molecule has 0 atom stereocenters. The zero-order valence-corrected chi connectivity index (χ0v) is 9.97. The molecule has 1 amide bonds. The Balaban J connectivity index is 2.19. The molecule has 1 fully saturated rings. The molecule has 100 valence electrons. The molecule has 19 heavy (non-hydrogen) atoms. The number of carbonyl (C=O) groups is 2. The van der Waals surface area contributed by atoms with E-state index in [1.807, 2.05) is 0 Å². The van der Waals surface area contributed by atoms with Crippen molar-refractivity contribution in [2.45, 2.75) is 12.8 Å². The number of likely N-dealkylation sites (tertiary alicyclic amines) is 1. The van der Waals surface area contributed by atoms with Gasteiger partial charge in [-0.25, -0.2) is 4.39 Å². The molecule has 0 aromatic heterocycles. The topological polar surface area (TPSA) is 80.5 Å². The number of amides is 1. The first-order valence-corrected chi connectivity index (χ1v) is 5.74. The van der Waals surface area contributed by atoms with Gasteiger partial charge in [0.25, 0.3) is 11.6 Å². The van der Waals surface area contributed by atoms with Crippen LogP contribution < -0.4 is 0 Å². The first kappa shape index (κ1) is 13.1. The molecular formula is C12H11FN2O4. The SMILES string of the molecule is O=C1CCN(C(=O)c2ccc([N+](=O)[O-])cc2F)CC1.